The van der Waals surface area contributed by atoms with Gasteiger partial charge in [-0.3, -0.25) is 0 Å². The van der Waals surface area contributed by atoms with Gasteiger partial charge in [-0.1, -0.05) is 0 Å². The molecule has 0 aromatic heterocycles. The Morgan fingerprint density at radius 2 is 1.87 bits per heavy atom. The van der Waals surface area contributed by atoms with E-state index in [1.165, 1.54) is 0 Å². The van der Waals surface area contributed by atoms with Crippen LogP contribution in [0.15, 0.2) is 0 Å². The summed E-state index contributed by atoms with van der Waals surface area (Å²) in [6, 6.07) is -1.01. The fraction of sp³-hybridized carbons (Fsp3) is 0.857. The lowest BCUT2D eigenvalue weighted by Crippen LogP contribution is -2.58. The van der Waals surface area contributed by atoms with Gasteiger partial charge < -0.3 is 36.6 Å². The molecule has 3 atom stereocenters. The third-order valence-electron chi connectivity index (χ3n) is 1.81. The quantitative estimate of drug-likeness (QED) is 0.239. The van der Waals surface area contributed by atoms with Gasteiger partial charge in [-0.15, -0.1) is 0 Å². The zero-order valence-electron chi connectivity index (χ0n) is 8.16. The van der Waals surface area contributed by atoms with E-state index < -0.39 is 36.7 Å². The second-order valence-corrected chi connectivity index (χ2v) is 3.27. The highest BCUT2D eigenvalue weighted by Gasteiger charge is 2.40. The molecular formula is C7H16N2O6. The Morgan fingerprint density at radius 1 is 1.40 bits per heavy atom. The Hall–Kier alpha value is -0.930. The zero-order valence-corrected chi connectivity index (χ0v) is 8.16. The van der Waals surface area contributed by atoms with E-state index in [2.05, 4.69) is 5.73 Å². The van der Waals surface area contributed by atoms with Crippen molar-refractivity contribution in [2.75, 3.05) is 6.54 Å². The molecule has 0 spiro atoms. The van der Waals surface area contributed by atoms with Crippen molar-refractivity contribution >= 4 is 6.03 Å². The first kappa shape index (κ1) is 14.1. The Balaban J connectivity index is 4.36. The SMILES string of the molecule is CC(O)C(O)C(O)C(O)(O)CNC(N)=O. The fourth-order valence-corrected chi connectivity index (χ4v) is 0.859. The molecule has 8 heteroatoms. The fourth-order valence-electron chi connectivity index (χ4n) is 0.859. The van der Waals surface area contributed by atoms with E-state index >= 15 is 0 Å². The van der Waals surface area contributed by atoms with Gasteiger partial charge in [0.1, 0.15) is 12.2 Å². The topological polar surface area (TPSA) is 156 Å². The van der Waals surface area contributed by atoms with Crippen molar-refractivity contribution < 1.29 is 30.3 Å². The molecule has 0 bridgehead atoms. The summed E-state index contributed by atoms with van der Waals surface area (Å²) >= 11 is 0. The van der Waals surface area contributed by atoms with Crippen molar-refractivity contribution in [1.82, 2.24) is 5.32 Å². The minimum atomic E-state index is -2.77. The van der Waals surface area contributed by atoms with Crippen molar-refractivity contribution in [3.05, 3.63) is 0 Å². The molecule has 15 heavy (non-hydrogen) atoms. The number of hydrogen-bond acceptors (Lipinski definition) is 6. The van der Waals surface area contributed by atoms with Crippen LogP contribution in [0.3, 0.4) is 0 Å². The molecule has 90 valence electrons. The standard InChI is InChI=1S/C7H16N2O6/c1-3(10)4(11)5(12)7(14,15)2-9-6(8)13/h3-5,10-12,14-15H,2H2,1H3,(H3,8,9,13). The van der Waals surface area contributed by atoms with Crippen LogP contribution in [-0.4, -0.2) is 62.2 Å². The van der Waals surface area contributed by atoms with E-state index in [1.54, 1.807) is 0 Å². The van der Waals surface area contributed by atoms with Gasteiger partial charge in [-0.05, 0) is 6.92 Å². The molecule has 0 saturated heterocycles. The average Bonchev–Trinajstić information content (AvgIpc) is 2.12. The second-order valence-electron chi connectivity index (χ2n) is 3.27. The lowest BCUT2D eigenvalue weighted by molar-refractivity contribution is -0.251. The summed E-state index contributed by atoms with van der Waals surface area (Å²) in [6.45, 7) is 0.388. The van der Waals surface area contributed by atoms with Crippen molar-refractivity contribution in [1.29, 1.82) is 0 Å². The van der Waals surface area contributed by atoms with E-state index in [-0.39, 0.29) is 0 Å². The van der Waals surface area contributed by atoms with Crippen LogP contribution in [0, 0.1) is 0 Å². The molecule has 0 saturated carbocycles. The molecule has 0 aromatic carbocycles. The number of nitrogens with one attached hydrogen (secondary N) is 1. The van der Waals surface area contributed by atoms with Gasteiger partial charge in [-0.2, -0.15) is 0 Å². The molecule has 0 aliphatic rings. The first-order chi connectivity index (χ1) is 6.68. The van der Waals surface area contributed by atoms with Crippen LogP contribution in [0.5, 0.6) is 0 Å². The summed E-state index contributed by atoms with van der Waals surface area (Å²) in [6.07, 6.45) is -5.15. The van der Waals surface area contributed by atoms with Crippen molar-refractivity contribution in [2.24, 2.45) is 5.73 Å². The highest BCUT2D eigenvalue weighted by atomic mass is 16.5. The molecule has 0 heterocycles. The highest BCUT2D eigenvalue weighted by molar-refractivity contribution is 5.71. The molecule has 0 rings (SSSR count). The van der Waals surface area contributed by atoms with Crippen LogP contribution in [-0.2, 0) is 0 Å². The number of amides is 2. The van der Waals surface area contributed by atoms with Crippen LogP contribution >= 0.6 is 0 Å². The largest absolute Gasteiger partial charge is 0.391 e. The van der Waals surface area contributed by atoms with Crippen LogP contribution in [0.4, 0.5) is 4.79 Å². The van der Waals surface area contributed by atoms with Crippen LogP contribution < -0.4 is 11.1 Å². The molecule has 0 fully saturated rings. The minimum Gasteiger partial charge on any atom is -0.391 e. The van der Waals surface area contributed by atoms with Gasteiger partial charge in [0, 0.05) is 0 Å². The second kappa shape index (κ2) is 5.24. The third-order valence-corrected chi connectivity index (χ3v) is 1.81. The lowest BCUT2D eigenvalue weighted by atomic mass is 10.0. The number of aliphatic hydroxyl groups excluding tert-OH is 3. The number of aliphatic hydroxyl groups is 5. The molecular weight excluding hydrogens is 208 g/mol. The average molecular weight is 224 g/mol. The first-order valence-corrected chi connectivity index (χ1v) is 4.20. The number of carbonyl (C=O) groups excluding carboxylic acids is 1. The number of primary amides is 1. The number of carbonyl (C=O) groups is 1. The van der Waals surface area contributed by atoms with Gasteiger partial charge in [0.2, 0.25) is 5.79 Å². The predicted octanol–water partition coefficient (Wildman–Crippen LogP) is -3.56. The number of hydrogen-bond donors (Lipinski definition) is 7. The summed E-state index contributed by atoms with van der Waals surface area (Å²) in [5.41, 5.74) is 4.67. The molecule has 2 amide bonds. The summed E-state index contributed by atoms with van der Waals surface area (Å²) in [4.78, 5) is 10.3. The molecule has 0 radical (unpaired) electrons. The maximum atomic E-state index is 10.3. The maximum Gasteiger partial charge on any atom is 0.312 e. The van der Waals surface area contributed by atoms with E-state index in [0.29, 0.717) is 0 Å². The third kappa shape index (κ3) is 4.40. The Labute approximate surface area is 86.0 Å². The Kier molecular flexibility index (Phi) is 4.91. The Morgan fingerprint density at radius 3 is 2.20 bits per heavy atom. The number of urea groups is 1. The summed E-state index contributed by atoms with van der Waals surface area (Å²) < 4.78 is 0. The van der Waals surface area contributed by atoms with Crippen molar-refractivity contribution in [3.8, 4) is 0 Å². The van der Waals surface area contributed by atoms with Crippen molar-refractivity contribution in [3.63, 3.8) is 0 Å². The summed E-state index contributed by atoms with van der Waals surface area (Å²) in [5.74, 6) is -2.77. The summed E-state index contributed by atoms with van der Waals surface area (Å²) in [5, 5.41) is 47.5. The molecule has 8 nitrogen and oxygen atoms in total. The highest BCUT2D eigenvalue weighted by Crippen LogP contribution is 2.12. The first-order valence-electron chi connectivity index (χ1n) is 4.20. The van der Waals surface area contributed by atoms with E-state index in [0.717, 1.165) is 6.92 Å². The Bertz CT molecular complexity index is 220. The molecule has 0 aliphatic heterocycles. The van der Waals surface area contributed by atoms with E-state index in [4.69, 9.17) is 10.2 Å². The van der Waals surface area contributed by atoms with Crippen LogP contribution in [0.25, 0.3) is 0 Å². The van der Waals surface area contributed by atoms with E-state index in [1.807, 2.05) is 5.32 Å². The van der Waals surface area contributed by atoms with Gasteiger partial charge in [0.15, 0.2) is 0 Å². The molecule has 0 aromatic rings. The molecule has 8 N–H and O–H groups in total. The monoisotopic (exact) mass is 224 g/mol. The van der Waals surface area contributed by atoms with Crippen LogP contribution in [0.2, 0.25) is 0 Å². The van der Waals surface area contributed by atoms with Gasteiger partial charge in [-0.25, -0.2) is 4.79 Å². The van der Waals surface area contributed by atoms with Crippen molar-refractivity contribution in [2.45, 2.75) is 31.0 Å². The van der Waals surface area contributed by atoms with E-state index in [9.17, 15) is 20.1 Å². The number of rotatable bonds is 5. The zero-order chi connectivity index (χ0) is 12.2. The maximum absolute atomic E-state index is 10.3. The predicted molar refractivity (Wildman–Crippen MR) is 48.4 cm³/mol. The smallest absolute Gasteiger partial charge is 0.312 e. The minimum absolute atomic E-state index is 0.771. The summed E-state index contributed by atoms with van der Waals surface area (Å²) in [7, 11) is 0. The van der Waals surface area contributed by atoms with Crippen LogP contribution in [0.1, 0.15) is 6.92 Å². The van der Waals surface area contributed by atoms with Gasteiger partial charge in [0.05, 0.1) is 12.6 Å². The normalized spacial score (nSPS) is 18.0. The molecule has 3 unspecified atom stereocenters. The lowest BCUT2D eigenvalue weighted by Gasteiger charge is -2.31. The van der Waals surface area contributed by atoms with Gasteiger partial charge >= 0.3 is 6.03 Å². The van der Waals surface area contributed by atoms with Gasteiger partial charge in [0.25, 0.3) is 0 Å². The number of nitrogens with two attached hydrogens (primary N) is 1. The molecule has 0 aliphatic carbocycles.